The lowest BCUT2D eigenvalue weighted by molar-refractivity contribution is 0.415. The summed E-state index contributed by atoms with van der Waals surface area (Å²) >= 11 is 3.51. The zero-order chi connectivity index (χ0) is 16.9. The molecule has 0 saturated carbocycles. The van der Waals surface area contributed by atoms with Crippen LogP contribution in [0.5, 0.6) is 5.75 Å². The highest BCUT2D eigenvalue weighted by atomic mass is 79.9. The minimum atomic E-state index is 0.857. The van der Waals surface area contributed by atoms with Crippen molar-refractivity contribution in [2.24, 2.45) is 0 Å². The van der Waals surface area contributed by atoms with Gasteiger partial charge in [-0.05, 0) is 72.6 Å². The molecule has 0 atom stereocenters. The maximum Gasteiger partial charge on any atom is 0.119 e. The SMILES string of the molecule is CCc1ccc(N(c2ccc(Br)cc2)c2ccc(OC)cc2)cc1. The van der Waals surface area contributed by atoms with Crippen LogP contribution in [0.3, 0.4) is 0 Å². The van der Waals surface area contributed by atoms with Gasteiger partial charge in [-0.15, -0.1) is 0 Å². The first-order valence-electron chi connectivity index (χ1n) is 8.00. The number of halogens is 1. The molecule has 0 aliphatic carbocycles. The number of methoxy groups -OCH3 is 1. The van der Waals surface area contributed by atoms with Crippen molar-refractivity contribution in [2.45, 2.75) is 13.3 Å². The molecule has 3 heteroatoms. The molecule has 3 aromatic carbocycles. The molecule has 0 amide bonds. The minimum absolute atomic E-state index is 0.857. The van der Waals surface area contributed by atoms with E-state index >= 15 is 0 Å². The van der Waals surface area contributed by atoms with Crippen molar-refractivity contribution in [1.29, 1.82) is 0 Å². The number of ether oxygens (including phenoxy) is 1. The summed E-state index contributed by atoms with van der Waals surface area (Å²) in [5.41, 5.74) is 4.69. The zero-order valence-electron chi connectivity index (χ0n) is 13.9. The van der Waals surface area contributed by atoms with Crippen molar-refractivity contribution in [3.63, 3.8) is 0 Å². The third kappa shape index (κ3) is 3.62. The smallest absolute Gasteiger partial charge is 0.119 e. The molecule has 2 nitrogen and oxygen atoms in total. The minimum Gasteiger partial charge on any atom is -0.497 e. The van der Waals surface area contributed by atoms with Gasteiger partial charge in [-0.3, -0.25) is 0 Å². The van der Waals surface area contributed by atoms with Gasteiger partial charge in [-0.25, -0.2) is 0 Å². The van der Waals surface area contributed by atoms with E-state index in [0.717, 1.165) is 33.7 Å². The Morgan fingerprint density at radius 2 is 1.21 bits per heavy atom. The Hall–Kier alpha value is -2.26. The van der Waals surface area contributed by atoms with Crippen LogP contribution in [-0.2, 0) is 6.42 Å². The average Bonchev–Trinajstić information content (AvgIpc) is 2.64. The second-order valence-corrected chi connectivity index (χ2v) is 6.45. The molecule has 0 heterocycles. The topological polar surface area (TPSA) is 12.5 Å². The Balaban J connectivity index is 2.06. The first kappa shape index (κ1) is 16.6. The lowest BCUT2D eigenvalue weighted by Crippen LogP contribution is -2.09. The number of hydrogen-bond donors (Lipinski definition) is 0. The van der Waals surface area contributed by atoms with E-state index in [-0.39, 0.29) is 0 Å². The summed E-state index contributed by atoms with van der Waals surface area (Å²) in [6.45, 7) is 2.17. The fourth-order valence-electron chi connectivity index (χ4n) is 2.65. The number of anilines is 3. The molecule has 0 aliphatic rings. The van der Waals surface area contributed by atoms with Crippen LogP contribution in [0.4, 0.5) is 17.1 Å². The number of benzene rings is 3. The molecule has 0 bridgehead atoms. The van der Waals surface area contributed by atoms with Crippen LogP contribution >= 0.6 is 15.9 Å². The predicted octanol–water partition coefficient (Wildman–Crippen LogP) is 6.49. The second-order valence-electron chi connectivity index (χ2n) is 5.53. The predicted molar refractivity (Wildman–Crippen MR) is 105 cm³/mol. The Bertz CT molecular complexity index is 732. The summed E-state index contributed by atoms with van der Waals surface area (Å²) in [6.07, 6.45) is 1.04. The van der Waals surface area contributed by atoms with Crippen LogP contribution in [0, 0.1) is 0 Å². The van der Waals surface area contributed by atoms with Gasteiger partial charge in [-0.2, -0.15) is 0 Å². The lowest BCUT2D eigenvalue weighted by atomic mass is 10.1. The summed E-state index contributed by atoms with van der Waals surface area (Å²) in [6, 6.07) is 25.2. The largest absolute Gasteiger partial charge is 0.497 e. The van der Waals surface area contributed by atoms with Crippen LogP contribution in [0.2, 0.25) is 0 Å². The number of nitrogens with zero attached hydrogens (tertiary/aromatic N) is 1. The maximum absolute atomic E-state index is 5.28. The summed E-state index contributed by atoms with van der Waals surface area (Å²) in [7, 11) is 1.69. The molecule has 0 aromatic heterocycles. The zero-order valence-corrected chi connectivity index (χ0v) is 15.5. The Labute approximate surface area is 151 Å². The standard InChI is InChI=1S/C21H20BrNO/c1-3-16-4-8-18(9-5-16)23(19-10-6-17(22)7-11-19)20-12-14-21(24-2)15-13-20/h4-15H,3H2,1-2H3. The molecular formula is C21H20BrNO. The van der Waals surface area contributed by atoms with Crippen LogP contribution in [0.25, 0.3) is 0 Å². The Morgan fingerprint density at radius 3 is 1.67 bits per heavy atom. The van der Waals surface area contributed by atoms with E-state index in [2.05, 4.69) is 88.4 Å². The maximum atomic E-state index is 5.28. The molecule has 0 fully saturated rings. The molecule has 0 N–H and O–H groups in total. The molecule has 0 unspecified atom stereocenters. The lowest BCUT2D eigenvalue weighted by Gasteiger charge is -2.25. The third-order valence-corrected chi connectivity index (χ3v) is 4.55. The number of rotatable bonds is 5. The van der Waals surface area contributed by atoms with Crippen molar-refractivity contribution < 1.29 is 4.74 Å². The fourth-order valence-corrected chi connectivity index (χ4v) is 2.91. The molecule has 0 saturated heterocycles. The highest BCUT2D eigenvalue weighted by Gasteiger charge is 2.12. The van der Waals surface area contributed by atoms with E-state index in [1.807, 2.05) is 12.1 Å². The molecule has 3 aromatic rings. The van der Waals surface area contributed by atoms with E-state index in [1.54, 1.807) is 7.11 Å². The van der Waals surface area contributed by atoms with E-state index in [1.165, 1.54) is 5.56 Å². The van der Waals surface area contributed by atoms with Crippen molar-refractivity contribution in [3.05, 3.63) is 82.8 Å². The molecule has 0 spiro atoms. The second kappa shape index (κ2) is 7.54. The van der Waals surface area contributed by atoms with Gasteiger partial charge in [0.05, 0.1) is 7.11 Å². The van der Waals surface area contributed by atoms with Crippen LogP contribution < -0.4 is 9.64 Å². The van der Waals surface area contributed by atoms with Crippen LogP contribution in [0.15, 0.2) is 77.3 Å². The quantitative estimate of drug-likeness (QED) is 0.500. The normalized spacial score (nSPS) is 10.5. The van der Waals surface area contributed by atoms with E-state index in [0.29, 0.717) is 0 Å². The van der Waals surface area contributed by atoms with Gasteiger partial charge in [0.15, 0.2) is 0 Å². The first-order chi connectivity index (χ1) is 11.7. The number of aryl methyl sites for hydroxylation is 1. The van der Waals surface area contributed by atoms with E-state index < -0.39 is 0 Å². The van der Waals surface area contributed by atoms with E-state index in [4.69, 9.17) is 4.74 Å². The van der Waals surface area contributed by atoms with Crippen LogP contribution in [-0.4, -0.2) is 7.11 Å². The molecule has 0 radical (unpaired) electrons. The Morgan fingerprint density at radius 1 is 0.750 bits per heavy atom. The van der Waals surface area contributed by atoms with Gasteiger partial charge in [-0.1, -0.05) is 35.0 Å². The van der Waals surface area contributed by atoms with Crippen LogP contribution in [0.1, 0.15) is 12.5 Å². The first-order valence-corrected chi connectivity index (χ1v) is 8.79. The summed E-state index contributed by atoms with van der Waals surface area (Å²) in [4.78, 5) is 2.24. The van der Waals surface area contributed by atoms with Crippen molar-refractivity contribution in [3.8, 4) is 5.75 Å². The summed E-state index contributed by atoms with van der Waals surface area (Å²) in [5, 5.41) is 0. The van der Waals surface area contributed by atoms with Gasteiger partial charge in [0, 0.05) is 21.5 Å². The van der Waals surface area contributed by atoms with Crippen molar-refractivity contribution >= 4 is 33.0 Å². The van der Waals surface area contributed by atoms with Gasteiger partial charge >= 0.3 is 0 Å². The molecule has 3 rings (SSSR count). The summed E-state index contributed by atoms with van der Waals surface area (Å²) in [5.74, 6) is 0.857. The molecule has 24 heavy (non-hydrogen) atoms. The van der Waals surface area contributed by atoms with E-state index in [9.17, 15) is 0 Å². The average molecular weight is 382 g/mol. The molecule has 0 aliphatic heterocycles. The Kier molecular flexibility index (Phi) is 5.21. The van der Waals surface area contributed by atoms with Gasteiger partial charge in [0.2, 0.25) is 0 Å². The van der Waals surface area contributed by atoms with Gasteiger partial charge in [0.25, 0.3) is 0 Å². The molecular weight excluding hydrogens is 362 g/mol. The highest BCUT2D eigenvalue weighted by molar-refractivity contribution is 9.10. The highest BCUT2D eigenvalue weighted by Crippen LogP contribution is 2.35. The monoisotopic (exact) mass is 381 g/mol. The molecule has 122 valence electrons. The van der Waals surface area contributed by atoms with Crippen molar-refractivity contribution in [2.75, 3.05) is 12.0 Å². The summed E-state index contributed by atoms with van der Waals surface area (Å²) < 4.78 is 6.35. The van der Waals surface area contributed by atoms with Crippen molar-refractivity contribution in [1.82, 2.24) is 0 Å². The number of hydrogen-bond acceptors (Lipinski definition) is 2. The van der Waals surface area contributed by atoms with Gasteiger partial charge < -0.3 is 9.64 Å². The fraction of sp³-hybridized carbons (Fsp3) is 0.143. The van der Waals surface area contributed by atoms with Gasteiger partial charge in [0.1, 0.15) is 5.75 Å². The third-order valence-electron chi connectivity index (χ3n) is 4.02.